The minimum Gasteiger partial charge on any atom is -0.382 e. The second-order valence-electron chi connectivity index (χ2n) is 8.72. The van der Waals surface area contributed by atoms with E-state index in [2.05, 4.69) is 25.5 Å². The van der Waals surface area contributed by atoms with Crippen LogP contribution < -0.4 is 11.0 Å². The lowest BCUT2D eigenvalue weighted by atomic mass is 10.2. The van der Waals surface area contributed by atoms with Crippen LogP contribution in [0.3, 0.4) is 0 Å². The molecule has 0 radical (unpaired) electrons. The van der Waals surface area contributed by atoms with Crippen molar-refractivity contribution < 1.29 is 23.1 Å². The Balaban J connectivity index is 1.57. The number of halogens is 5. The number of carbonyl (C=O) groups excluding carboxylic acids is 1. The van der Waals surface area contributed by atoms with Gasteiger partial charge >= 0.3 is 11.9 Å². The van der Waals surface area contributed by atoms with Crippen molar-refractivity contribution in [3.05, 3.63) is 74.9 Å². The average molecular weight is 583 g/mol. The maximum absolute atomic E-state index is 13.2. The third-order valence-corrected chi connectivity index (χ3v) is 6.58. The smallest absolute Gasteiger partial charge is 0.382 e. The molecular weight excluding hydrogens is 564 g/mol. The molecule has 2 N–H and O–H groups in total. The number of nitrogens with zero attached hydrogens (tertiary/aromatic N) is 7. The van der Waals surface area contributed by atoms with E-state index in [1.165, 1.54) is 41.3 Å². The van der Waals surface area contributed by atoms with Crippen LogP contribution in [0.25, 0.3) is 17.1 Å². The molecular formula is C23H19Cl2F3N8O3. The molecule has 1 aliphatic heterocycles. The van der Waals surface area contributed by atoms with Gasteiger partial charge in [-0.3, -0.25) is 14.3 Å². The van der Waals surface area contributed by atoms with Crippen LogP contribution in [0.2, 0.25) is 10.0 Å². The Morgan fingerprint density at radius 1 is 1.13 bits per heavy atom. The van der Waals surface area contributed by atoms with Crippen molar-refractivity contribution >= 4 is 29.1 Å². The van der Waals surface area contributed by atoms with Crippen LogP contribution in [0.1, 0.15) is 30.5 Å². The van der Waals surface area contributed by atoms with E-state index < -0.39 is 30.6 Å². The van der Waals surface area contributed by atoms with Crippen molar-refractivity contribution in [3.63, 3.8) is 0 Å². The zero-order valence-corrected chi connectivity index (χ0v) is 21.3. The van der Waals surface area contributed by atoms with Gasteiger partial charge in [-0.2, -0.15) is 13.2 Å². The first-order chi connectivity index (χ1) is 18.5. The highest BCUT2D eigenvalue weighted by Crippen LogP contribution is 2.28. The molecule has 3 aromatic heterocycles. The molecule has 0 saturated carbocycles. The Kier molecular flexibility index (Phi) is 7.18. The Bertz CT molecular complexity index is 1580. The molecule has 0 aliphatic carbocycles. The SMILES string of the molecule is O=C1CC[C@@H](c2nc(Cn3nc(-c4ccc(Cl)cc4)n(C[C@H](O)C(F)(F)F)c3=O)nn2-c2cnccc2Cl)N1. The highest BCUT2D eigenvalue weighted by atomic mass is 35.5. The van der Waals surface area contributed by atoms with Crippen LogP contribution in [0.15, 0.2) is 47.5 Å². The van der Waals surface area contributed by atoms with Gasteiger partial charge in [0.15, 0.2) is 23.6 Å². The van der Waals surface area contributed by atoms with Gasteiger partial charge in [0.1, 0.15) is 12.2 Å². The van der Waals surface area contributed by atoms with Crippen molar-refractivity contribution in [1.29, 1.82) is 0 Å². The van der Waals surface area contributed by atoms with Crippen LogP contribution in [0.4, 0.5) is 13.2 Å². The lowest BCUT2D eigenvalue weighted by Gasteiger charge is -2.15. The van der Waals surface area contributed by atoms with E-state index in [9.17, 15) is 27.9 Å². The van der Waals surface area contributed by atoms with Crippen LogP contribution in [-0.2, 0) is 17.9 Å². The molecule has 1 fully saturated rings. The minimum absolute atomic E-state index is 0.0804. The highest BCUT2D eigenvalue weighted by molar-refractivity contribution is 6.32. The zero-order valence-electron chi connectivity index (χ0n) is 19.8. The summed E-state index contributed by atoms with van der Waals surface area (Å²) < 4.78 is 42.5. The number of benzene rings is 1. The third-order valence-electron chi connectivity index (χ3n) is 6.01. The van der Waals surface area contributed by atoms with Gasteiger partial charge in [-0.1, -0.05) is 23.2 Å². The van der Waals surface area contributed by atoms with Crippen molar-refractivity contribution in [1.82, 2.24) is 39.4 Å². The number of pyridine rings is 1. The second-order valence-corrected chi connectivity index (χ2v) is 9.57. The predicted molar refractivity (Wildman–Crippen MR) is 132 cm³/mol. The van der Waals surface area contributed by atoms with Crippen LogP contribution in [0, 0.1) is 0 Å². The fourth-order valence-electron chi connectivity index (χ4n) is 4.10. The van der Waals surface area contributed by atoms with E-state index >= 15 is 0 Å². The van der Waals surface area contributed by atoms with Crippen LogP contribution in [0.5, 0.6) is 0 Å². The summed E-state index contributed by atoms with van der Waals surface area (Å²) >= 11 is 12.3. The van der Waals surface area contributed by atoms with Crippen LogP contribution in [-0.4, -0.2) is 57.4 Å². The Morgan fingerprint density at radius 3 is 2.51 bits per heavy atom. The molecule has 1 aliphatic rings. The minimum atomic E-state index is -4.96. The van der Waals surface area contributed by atoms with Crippen molar-refractivity contribution in [2.75, 3.05) is 0 Å². The molecule has 0 bridgehead atoms. The number of aliphatic hydroxyl groups excluding tert-OH is 1. The van der Waals surface area contributed by atoms with Gasteiger partial charge in [-0.15, -0.1) is 10.2 Å². The quantitative estimate of drug-likeness (QED) is 0.342. The van der Waals surface area contributed by atoms with E-state index in [-0.39, 0.29) is 30.5 Å². The summed E-state index contributed by atoms with van der Waals surface area (Å²) in [6, 6.07) is 7.02. The maximum Gasteiger partial charge on any atom is 0.416 e. The third kappa shape index (κ3) is 5.53. The van der Waals surface area contributed by atoms with Gasteiger partial charge in [0.25, 0.3) is 0 Å². The second kappa shape index (κ2) is 10.4. The summed E-state index contributed by atoms with van der Waals surface area (Å²) in [6.45, 7) is -1.40. The monoisotopic (exact) mass is 582 g/mol. The van der Waals surface area contributed by atoms with E-state index in [0.29, 0.717) is 33.5 Å². The van der Waals surface area contributed by atoms with Crippen LogP contribution >= 0.6 is 23.2 Å². The number of amides is 1. The predicted octanol–water partition coefficient (Wildman–Crippen LogP) is 2.92. The van der Waals surface area contributed by atoms with Gasteiger partial charge in [-0.05, 0) is 36.8 Å². The molecule has 11 nitrogen and oxygen atoms in total. The molecule has 5 rings (SSSR count). The maximum atomic E-state index is 13.2. The van der Waals surface area contributed by atoms with Gasteiger partial charge in [0, 0.05) is 23.2 Å². The molecule has 39 heavy (non-hydrogen) atoms. The first kappa shape index (κ1) is 26.8. The number of nitrogens with one attached hydrogen (secondary N) is 1. The molecule has 0 unspecified atom stereocenters. The standard InChI is InChI=1S/C23H19Cl2F3N8O3/c24-13-3-1-12(2-4-13)20-33-35(22(39)34(20)10-17(37)23(26,27)28)11-18-31-21(15-5-6-19(38)30-15)36(32-18)16-9-29-8-7-14(16)25/h1-4,7-9,15,17,37H,5-6,10-11H2,(H,30,38)/t15-,17-/m0/s1. The summed E-state index contributed by atoms with van der Waals surface area (Å²) in [6.07, 6.45) is -4.09. The fourth-order valence-corrected chi connectivity index (χ4v) is 4.41. The largest absolute Gasteiger partial charge is 0.416 e. The van der Waals surface area contributed by atoms with E-state index in [1.807, 2.05) is 0 Å². The normalized spacial score (nSPS) is 16.5. The molecule has 1 aromatic carbocycles. The Labute approximate surface area is 227 Å². The number of carbonyl (C=O) groups is 1. The zero-order chi connectivity index (χ0) is 27.9. The lowest BCUT2D eigenvalue weighted by Crippen LogP contribution is -2.37. The molecule has 0 spiro atoms. The first-order valence-electron chi connectivity index (χ1n) is 11.5. The average Bonchev–Trinajstić information content (AvgIpc) is 3.58. The van der Waals surface area contributed by atoms with Gasteiger partial charge in [0.05, 0.1) is 23.8 Å². The lowest BCUT2D eigenvalue weighted by molar-refractivity contribution is -0.207. The highest BCUT2D eigenvalue weighted by Gasteiger charge is 2.39. The van der Waals surface area contributed by atoms with E-state index in [0.717, 1.165) is 9.25 Å². The number of alkyl halides is 3. The summed E-state index contributed by atoms with van der Waals surface area (Å²) in [5, 5.41) is 21.8. The van der Waals surface area contributed by atoms with Gasteiger partial charge < -0.3 is 10.4 Å². The Hall–Kier alpha value is -3.75. The molecule has 16 heteroatoms. The van der Waals surface area contributed by atoms with Crippen molar-refractivity contribution in [2.24, 2.45) is 0 Å². The van der Waals surface area contributed by atoms with Gasteiger partial charge in [0.2, 0.25) is 5.91 Å². The molecule has 204 valence electrons. The number of rotatable bonds is 7. The molecule has 4 aromatic rings. The van der Waals surface area contributed by atoms with Crippen molar-refractivity contribution in [2.45, 2.75) is 44.3 Å². The summed E-state index contributed by atoms with van der Waals surface area (Å²) in [5.74, 6) is 0.137. The summed E-state index contributed by atoms with van der Waals surface area (Å²) in [4.78, 5) is 33.6. The molecule has 1 amide bonds. The number of hydrogen-bond acceptors (Lipinski definition) is 7. The number of hydrogen-bond donors (Lipinski definition) is 2. The molecule has 1 saturated heterocycles. The topological polar surface area (TPSA) is 133 Å². The molecule has 2 atom stereocenters. The summed E-state index contributed by atoms with van der Waals surface area (Å²) in [7, 11) is 0. The molecule has 4 heterocycles. The van der Waals surface area contributed by atoms with E-state index in [1.54, 1.807) is 6.07 Å². The van der Waals surface area contributed by atoms with Gasteiger partial charge in [-0.25, -0.2) is 19.1 Å². The summed E-state index contributed by atoms with van der Waals surface area (Å²) in [5.41, 5.74) is -0.239. The van der Waals surface area contributed by atoms with Crippen molar-refractivity contribution in [3.8, 4) is 17.1 Å². The Morgan fingerprint density at radius 2 is 1.87 bits per heavy atom. The van der Waals surface area contributed by atoms with E-state index in [4.69, 9.17) is 23.2 Å². The fraction of sp³-hybridized carbons (Fsp3) is 0.304. The number of aromatic nitrogens is 7. The first-order valence-corrected chi connectivity index (χ1v) is 12.3. The number of aliphatic hydroxyl groups is 1.